The summed E-state index contributed by atoms with van der Waals surface area (Å²) in [5.41, 5.74) is 0. The van der Waals surface area contributed by atoms with Gasteiger partial charge >= 0.3 is 17.1 Å². The van der Waals surface area contributed by atoms with Crippen LogP contribution in [0, 0.1) is 0 Å². The van der Waals surface area contributed by atoms with Crippen LogP contribution < -0.4 is 0 Å². The summed E-state index contributed by atoms with van der Waals surface area (Å²) in [6.45, 7) is 14.6. The van der Waals surface area contributed by atoms with Crippen molar-refractivity contribution in [2.75, 3.05) is 67.1 Å². The molecule has 0 N–H and O–H groups in total. The van der Waals surface area contributed by atoms with Crippen molar-refractivity contribution in [3.05, 3.63) is 0 Å². The topological polar surface area (TPSA) is 80.4 Å². The molecule has 2 saturated heterocycles. The van der Waals surface area contributed by atoms with E-state index in [4.69, 9.17) is 36.7 Å². The van der Waals surface area contributed by atoms with Crippen LogP contribution in [0.5, 0.6) is 0 Å². The summed E-state index contributed by atoms with van der Waals surface area (Å²) >= 11 is 0. The minimum atomic E-state index is -1.94. The zero-order valence-electron chi connectivity index (χ0n) is 21.3. The van der Waals surface area contributed by atoms with E-state index in [1.54, 1.807) is 14.2 Å². The molecular weight excluding hydrogens is 448 g/mol. The molecule has 2 aliphatic heterocycles. The Bertz CT molecular complexity index is 431. The van der Waals surface area contributed by atoms with Crippen LogP contribution in [0.4, 0.5) is 0 Å². The lowest BCUT2D eigenvalue weighted by Crippen LogP contribution is -2.41. The third-order valence-electron chi connectivity index (χ3n) is 5.74. The number of hydrogen-bond donors (Lipinski definition) is 0. The fraction of sp³-hybridized carbons (Fsp3) is 1.00. The molecule has 0 aromatic carbocycles. The summed E-state index contributed by atoms with van der Waals surface area (Å²) in [4.78, 5) is 0. The van der Waals surface area contributed by atoms with Gasteiger partial charge in [-0.05, 0) is 50.9 Å². The fourth-order valence-electron chi connectivity index (χ4n) is 3.49. The predicted octanol–water partition coefficient (Wildman–Crippen LogP) is 3.87. The van der Waals surface area contributed by atoms with Gasteiger partial charge in [0.1, 0.15) is 12.2 Å². The molecule has 2 aliphatic rings. The first-order chi connectivity index (χ1) is 15.5. The molecule has 0 spiro atoms. The largest absolute Gasteiger partial charge is 0.398 e. The van der Waals surface area contributed by atoms with Gasteiger partial charge in [0.25, 0.3) is 0 Å². The number of rotatable bonds is 20. The van der Waals surface area contributed by atoms with E-state index in [9.17, 15) is 0 Å². The lowest BCUT2D eigenvalue weighted by atomic mass is 10.5. The van der Waals surface area contributed by atoms with Crippen molar-refractivity contribution in [2.45, 2.75) is 76.9 Å². The fourth-order valence-corrected chi connectivity index (χ4v) is 8.55. The Balaban J connectivity index is 0.000000323. The Morgan fingerprint density at radius 1 is 0.688 bits per heavy atom. The van der Waals surface area contributed by atoms with Gasteiger partial charge in [-0.3, -0.25) is 0 Å². The first-order valence-corrected chi connectivity index (χ1v) is 16.8. The predicted molar refractivity (Wildman–Crippen MR) is 130 cm³/mol. The van der Waals surface area contributed by atoms with Crippen LogP contribution in [0.1, 0.15) is 40.5 Å². The second kappa shape index (κ2) is 17.5. The van der Waals surface area contributed by atoms with Gasteiger partial charge in [0, 0.05) is 40.6 Å². The highest BCUT2D eigenvalue weighted by atomic mass is 28.4. The first kappa shape index (κ1) is 30.1. The molecule has 0 bridgehead atoms. The van der Waals surface area contributed by atoms with Crippen LogP contribution >= 0.6 is 0 Å². The van der Waals surface area contributed by atoms with Gasteiger partial charge in [-0.1, -0.05) is 13.8 Å². The van der Waals surface area contributed by atoms with E-state index in [-0.39, 0.29) is 0 Å². The van der Waals surface area contributed by atoms with Gasteiger partial charge < -0.3 is 36.7 Å². The maximum absolute atomic E-state index is 5.90. The molecule has 0 aromatic heterocycles. The minimum absolute atomic E-state index is 0.363. The second-order valence-electron chi connectivity index (χ2n) is 8.07. The lowest BCUT2D eigenvalue weighted by Gasteiger charge is -2.28. The highest BCUT2D eigenvalue weighted by Crippen LogP contribution is 2.21. The maximum Gasteiger partial charge on any atom is 0.337 e. The summed E-state index contributed by atoms with van der Waals surface area (Å²) in [6.07, 6.45) is 2.76. The Morgan fingerprint density at radius 3 is 1.41 bits per heavy atom. The Hall–Kier alpha value is 0.114. The number of ether oxygens (including phenoxy) is 4. The molecular formula is C22H48O8Si2. The van der Waals surface area contributed by atoms with Crippen molar-refractivity contribution >= 4 is 17.1 Å². The number of epoxide rings is 2. The molecule has 2 unspecified atom stereocenters. The highest BCUT2D eigenvalue weighted by molar-refractivity contribution is 6.67. The summed E-state index contributed by atoms with van der Waals surface area (Å²) in [5.74, 6) is 0. The highest BCUT2D eigenvalue weighted by Gasteiger charge is 2.34. The molecule has 0 radical (unpaired) electrons. The van der Waals surface area contributed by atoms with Gasteiger partial charge in [-0.25, -0.2) is 0 Å². The van der Waals surface area contributed by atoms with E-state index < -0.39 is 17.1 Å². The average molecular weight is 497 g/mol. The molecule has 0 aromatic rings. The summed E-state index contributed by atoms with van der Waals surface area (Å²) < 4.78 is 44.0. The lowest BCUT2D eigenvalue weighted by molar-refractivity contribution is 0.113. The van der Waals surface area contributed by atoms with E-state index >= 15 is 0 Å². The Morgan fingerprint density at radius 2 is 1.09 bits per heavy atom. The third kappa shape index (κ3) is 13.1. The van der Waals surface area contributed by atoms with Crippen LogP contribution in [0.25, 0.3) is 0 Å². The van der Waals surface area contributed by atoms with E-state index in [1.807, 2.05) is 13.8 Å². The van der Waals surface area contributed by atoms with E-state index in [1.165, 1.54) is 0 Å². The second-order valence-corrected chi connectivity index (χ2v) is 15.5. The summed E-state index contributed by atoms with van der Waals surface area (Å²) in [7, 11) is -0.336. The summed E-state index contributed by atoms with van der Waals surface area (Å²) in [6, 6.07) is 4.03. The molecule has 0 saturated carbocycles. The Kier molecular flexibility index (Phi) is 16.5. The van der Waals surface area contributed by atoms with E-state index in [0.717, 1.165) is 89.9 Å². The zero-order valence-corrected chi connectivity index (χ0v) is 23.3. The molecule has 2 fully saturated rings. The van der Waals surface area contributed by atoms with Crippen LogP contribution in [0.3, 0.4) is 0 Å². The SMILES string of the molecule is CCO[Si](CC)(CCCOCC1CO1)OCC.CC[Si](CCCOCC1CO1)(OC)OC. The van der Waals surface area contributed by atoms with Crippen LogP contribution in [0.15, 0.2) is 0 Å². The molecule has 192 valence electrons. The van der Waals surface area contributed by atoms with Gasteiger partial charge in [0.15, 0.2) is 0 Å². The van der Waals surface area contributed by atoms with Gasteiger partial charge in [-0.2, -0.15) is 0 Å². The first-order valence-electron chi connectivity index (χ1n) is 12.3. The maximum atomic E-state index is 5.90. The van der Waals surface area contributed by atoms with Crippen LogP contribution in [-0.4, -0.2) is 96.4 Å². The number of hydrogen-bond acceptors (Lipinski definition) is 8. The van der Waals surface area contributed by atoms with Crippen molar-refractivity contribution in [1.82, 2.24) is 0 Å². The van der Waals surface area contributed by atoms with Gasteiger partial charge in [0.05, 0.1) is 26.4 Å². The van der Waals surface area contributed by atoms with Crippen molar-refractivity contribution in [1.29, 1.82) is 0 Å². The van der Waals surface area contributed by atoms with Gasteiger partial charge in [0.2, 0.25) is 0 Å². The zero-order chi connectivity index (χ0) is 23.7. The third-order valence-corrected chi connectivity index (χ3v) is 13.2. The van der Waals surface area contributed by atoms with Crippen LogP contribution in [-0.2, 0) is 36.7 Å². The monoisotopic (exact) mass is 496 g/mol. The van der Waals surface area contributed by atoms with Gasteiger partial charge in [-0.15, -0.1) is 0 Å². The van der Waals surface area contributed by atoms with Crippen LogP contribution in [0.2, 0.25) is 24.2 Å². The standard InChI is InChI=1S/C12H26O4Si.C10H22O4Si/c1-4-15-17(6-3,16-5-2)9-7-8-13-10-12-11-14-12;1-4-15(11-2,12-3)7-5-6-13-8-10-9-14-10/h12H,4-11H2,1-3H3;10H,4-9H2,1-3H3. The smallest absolute Gasteiger partial charge is 0.337 e. The van der Waals surface area contributed by atoms with E-state index in [0.29, 0.717) is 12.2 Å². The summed E-state index contributed by atoms with van der Waals surface area (Å²) in [5, 5.41) is 0. The molecule has 0 amide bonds. The van der Waals surface area contributed by atoms with Crippen molar-refractivity contribution in [2.24, 2.45) is 0 Å². The minimum Gasteiger partial charge on any atom is -0.398 e. The Labute approximate surface area is 198 Å². The van der Waals surface area contributed by atoms with Crippen molar-refractivity contribution < 1.29 is 36.7 Å². The van der Waals surface area contributed by atoms with E-state index in [2.05, 4.69) is 13.8 Å². The molecule has 0 aliphatic carbocycles. The molecule has 8 nitrogen and oxygen atoms in total. The quantitative estimate of drug-likeness (QED) is 0.143. The van der Waals surface area contributed by atoms with Crippen molar-refractivity contribution in [3.63, 3.8) is 0 Å². The molecule has 10 heteroatoms. The molecule has 32 heavy (non-hydrogen) atoms. The average Bonchev–Trinajstić information content (AvgIpc) is 3.73. The van der Waals surface area contributed by atoms with Crippen molar-refractivity contribution in [3.8, 4) is 0 Å². The normalized spacial score (nSPS) is 20.1. The molecule has 2 atom stereocenters. The molecule has 2 rings (SSSR count). The molecule has 2 heterocycles.